The molecule has 12 aromatic rings. The lowest BCUT2D eigenvalue weighted by molar-refractivity contribution is 0.655. The summed E-state index contributed by atoms with van der Waals surface area (Å²) in [7, 11) is 0. The number of fused-ring (bicyclic) bond motifs is 18. The zero-order valence-electron chi connectivity index (χ0n) is 27.1. The summed E-state index contributed by atoms with van der Waals surface area (Å²) in [6.45, 7) is 0. The molecule has 5 heteroatoms. The first-order valence-corrected chi connectivity index (χ1v) is 18.0. The van der Waals surface area contributed by atoms with Crippen molar-refractivity contribution in [3.05, 3.63) is 152 Å². The molecular weight excluding hydrogens is 643 g/mol. The van der Waals surface area contributed by atoms with Crippen LogP contribution in [0.4, 0.5) is 0 Å². The van der Waals surface area contributed by atoms with Crippen molar-refractivity contribution >= 4 is 108 Å². The number of hydrogen-bond donors (Lipinski definition) is 0. The summed E-state index contributed by atoms with van der Waals surface area (Å²) in [4.78, 5) is 11.0. The van der Waals surface area contributed by atoms with E-state index < -0.39 is 0 Å². The van der Waals surface area contributed by atoms with Crippen molar-refractivity contribution in [3.63, 3.8) is 0 Å². The summed E-state index contributed by atoms with van der Waals surface area (Å²) in [6.07, 6.45) is 0. The molecule has 8 aromatic carbocycles. The van der Waals surface area contributed by atoms with Gasteiger partial charge in [0, 0.05) is 52.7 Å². The zero-order chi connectivity index (χ0) is 33.2. The van der Waals surface area contributed by atoms with Crippen molar-refractivity contribution in [1.82, 2.24) is 14.5 Å². The summed E-state index contributed by atoms with van der Waals surface area (Å²) in [5, 5.41) is 13.9. The Morgan fingerprint density at radius 3 is 1.82 bits per heavy atom. The molecule has 4 aromatic heterocycles. The highest BCUT2D eigenvalue weighted by molar-refractivity contribution is 7.27. The largest absolute Gasteiger partial charge is 0.437 e. The molecule has 236 valence electrons. The predicted molar refractivity (Wildman–Crippen MR) is 214 cm³/mol. The van der Waals surface area contributed by atoms with Gasteiger partial charge in [0.1, 0.15) is 5.58 Å². The summed E-state index contributed by atoms with van der Waals surface area (Å²) in [5.74, 6) is 0.590. The molecule has 0 amide bonds. The van der Waals surface area contributed by atoms with Crippen molar-refractivity contribution in [2.45, 2.75) is 0 Å². The molecule has 0 aliphatic carbocycles. The van der Waals surface area contributed by atoms with Crippen molar-refractivity contribution in [2.75, 3.05) is 0 Å². The molecular formula is C46H25N3OS. The average Bonchev–Trinajstić information content (AvgIpc) is 3.88. The van der Waals surface area contributed by atoms with Crippen LogP contribution in [0.15, 0.2) is 156 Å². The molecule has 0 radical (unpaired) electrons. The van der Waals surface area contributed by atoms with Crippen molar-refractivity contribution in [1.29, 1.82) is 0 Å². The number of rotatable bonds is 2. The van der Waals surface area contributed by atoms with E-state index in [1.54, 1.807) is 0 Å². The first-order valence-electron chi connectivity index (χ1n) is 17.2. The Hall–Kier alpha value is -6.56. The van der Waals surface area contributed by atoms with Crippen molar-refractivity contribution in [2.24, 2.45) is 0 Å². The van der Waals surface area contributed by atoms with E-state index in [1.165, 1.54) is 47.1 Å². The maximum atomic E-state index is 6.95. The topological polar surface area (TPSA) is 43.9 Å². The van der Waals surface area contributed by atoms with Crippen molar-refractivity contribution < 1.29 is 4.42 Å². The van der Waals surface area contributed by atoms with Crippen LogP contribution in [0.2, 0.25) is 0 Å². The Labute approximate surface area is 294 Å². The maximum absolute atomic E-state index is 6.95. The third-order valence-electron chi connectivity index (χ3n) is 10.6. The first-order chi connectivity index (χ1) is 25.3. The lowest BCUT2D eigenvalue weighted by Gasteiger charge is -2.11. The third kappa shape index (κ3) is 3.58. The molecule has 0 aliphatic heterocycles. The zero-order valence-corrected chi connectivity index (χ0v) is 27.9. The number of aromatic nitrogens is 3. The van der Waals surface area contributed by atoms with E-state index in [9.17, 15) is 0 Å². The number of benzene rings is 8. The second kappa shape index (κ2) is 10.0. The van der Waals surface area contributed by atoms with Crippen molar-refractivity contribution in [3.8, 4) is 17.2 Å². The van der Waals surface area contributed by atoms with Crippen LogP contribution < -0.4 is 0 Å². The molecule has 4 nitrogen and oxygen atoms in total. The van der Waals surface area contributed by atoms with Gasteiger partial charge in [0.15, 0.2) is 0 Å². The maximum Gasteiger partial charge on any atom is 0.238 e. The Morgan fingerprint density at radius 2 is 1.04 bits per heavy atom. The number of para-hydroxylation sites is 1. The van der Waals surface area contributed by atoms with E-state index in [0.717, 1.165) is 54.8 Å². The average molecular weight is 668 g/mol. The molecule has 0 aliphatic rings. The molecule has 0 unspecified atom stereocenters. The quantitative estimate of drug-likeness (QED) is 0.172. The van der Waals surface area contributed by atoms with Gasteiger partial charge in [0.25, 0.3) is 0 Å². The predicted octanol–water partition coefficient (Wildman–Crippen LogP) is 13.0. The summed E-state index contributed by atoms with van der Waals surface area (Å²) in [5.41, 5.74) is 5.46. The van der Waals surface area contributed by atoms with Gasteiger partial charge >= 0.3 is 0 Å². The normalized spacial score (nSPS) is 12.3. The Bertz CT molecular complexity index is 3430. The molecule has 0 bridgehead atoms. The lowest BCUT2D eigenvalue weighted by atomic mass is 9.96. The van der Waals surface area contributed by atoms with Gasteiger partial charge in [-0.3, -0.25) is 4.57 Å². The number of hydrogen-bond acceptors (Lipinski definition) is 4. The van der Waals surface area contributed by atoms with Crippen LogP contribution in [-0.2, 0) is 0 Å². The van der Waals surface area contributed by atoms with Crippen LogP contribution in [0.1, 0.15) is 0 Å². The fourth-order valence-corrected chi connectivity index (χ4v) is 9.76. The van der Waals surface area contributed by atoms with Gasteiger partial charge in [-0.1, -0.05) is 140 Å². The number of furan rings is 1. The van der Waals surface area contributed by atoms with E-state index in [0.29, 0.717) is 11.7 Å². The van der Waals surface area contributed by atoms with Crippen LogP contribution >= 0.6 is 11.3 Å². The highest BCUT2D eigenvalue weighted by atomic mass is 32.1. The van der Waals surface area contributed by atoms with Crippen LogP contribution in [0, 0.1) is 0 Å². The standard InChI is InChI=1S/C46H25N3OS/c1-2-14-26(15-3-1)41-40-38-29-18-6-4-16-27(29)28-17-5-8-20-31(28)43(38)50-45(40)48-46(47-41)49-35-24-12-10-22-33(35)37-30-19-7-9-21-32(30)44-39(42(37)49)34-23-11-13-25-36(34)51-44/h1-25H. The SMILES string of the molecule is c1ccc(-c2nc(-n3c4ccccc4c4c5ccccc5c5sc6ccccc6c5c43)nc3oc4c5ccccc5c5ccccc5c4c23)cc1. The molecule has 51 heavy (non-hydrogen) atoms. The van der Waals surface area contributed by atoms with E-state index in [4.69, 9.17) is 14.4 Å². The van der Waals surface area contributed by atoms with E-state index >= 15 is 0 Å². The smallest absolute Gasteiger partial charge is 0.238 e. The van der Waals surface area contributed by atoms with E-state index in [-0.39, 0.29) is 0 Å². The lowest BCUT2D eigenvalue weighted by Crippen LogP contribution is -2.03. The molecule has 0 fully saturated rings. The van der Waals surface area contributed by atoms with Crippen LogP contribution in [0.5, 0.6) is 0 Å². The third-order valence-corrected chi connectivity index (χ3v) is 11.8. The van der Waals surface area contributed by atoms with Gasteiger partial charge in [-0.25, -0.2) is 4.98 Å². The van der Waals surface area contributed by atoms with E-state index in [1.807, 2.05) is 11.3 Å². The minimum absolute atomic E-state index is 0.577. The monoisotopic (exact) mass is 667 g/mol. The summed E-state index contributed by atoms with van der Waals surface area (Å²) in [6, 6.07) is 53.8. The van der Waals surface area contributed by atoms with Gasteiger partial charge < -0.3 is 4.42 Å². The summed E-state index contributed by atoms with van der Waals surface area (Å²) < 4.78 is 11.8. The Kier molecular flexibility index (Phi) is 5.35. The first kappa shape index (κ1) is 27.3. The van der Waals surface area contributed by atoms with Crippen LogP contribution in [-0.4, -0.2) is 14.5 Å². The molecule has 0 saturated carbocycles. The van der Waals surface area contributed by atoms with Gasteiger partial charge in [-0.15, -0.1) is 11.3 Å². The molecule has 0 N–H and O–H groups in total. The number of thiophene rings is 1. The molecule has 0 atom stereocenters. The fraction of sp³-hybridized carbons (Fsp3) is 0. The van der Waals surface area contributed by atoms with Gasteiger partial charge in [-0.2, -0.15) is 4.98 Å². The van der Waals surface area contributed by atoms with Gasteiger partial charge in [0.2, 0.25) is 11.7 Å². The van der Waals surface area contributed by atoms with Gasteiger partial charge in [0.05, 0.1) is 22.1 Å². The van der Waals surface area contributed by atoms with Crippen LogP contribution in [0.3, 0.4) is 0 Å². The molecule has 0 saturated heterocycles. The van der Waals surface area contributed by atoms with E-state index in [2.05, 4.69) is 156 Å². The molecule has 0 spiro atoms. The Morgan fingerprint density at radius 1 is 0.451 bits per heavy atom. The molecule has 12 rings (SSSR count). The highest BCUT2D eigenvalue weighted by Crippen LogP contribution is 2.49. The number of nitrogens with zero attached hydrogens (tertiary/aromatic N) is 3. The van der Waals surface area contributed by atoms with Gasteiger partial charge in [-0.05, 0) is 33.7 Å². The Balaban J connectivity index is 1.33. The summed E-state index contributed by atoms with van der Waals surface area (Å²) >= 11 is 1.85. The fourth-order valence-electron chi connectivity index (χ4n) is 8.52. The van der Waals surface area contributed by atoms with Crippen LogP contribution in [0.25, 0.3) is 114 Å². The minimum Gasteiger partial charge on any atom is -0.437 e. The second-order valence-corrected chi connectivity index (χ2v) is 14.3. The molecule has 4 heterocycles. The highest BCUT2D eigenvalue weighted by Gasteiger charge is 2.26. The minimum atomic E-state index is 0.577. The second-order valence-electron chi connectivity index (χ2n) is 13.2.